The van der Waals surface area contributed by atoms with Crippen LogP contribution in [0.1, 0.15) is 62.6 Å². The lowest BCUT2D eigenvalue weighted by Crippen LogP contribution is -2.39. The maximum Gasteiger partial charge on any atom is 0.243 e. The predicted molar refractivity (Wildman–Crippen MR) is 135 cm³/mol. The molecule has 1 saturated carbocycles. The molecule has 0 unspecified atom stereocenters. The third-order valence-corrected chi connectivity index (χ3v) is 10.1. The van der Waals surface area contributed by atoms with Crippen LogP contribution in [0.15, 0.2) is 46.5 Å². The second-order valence-electron chi connectivity index (χ2n) is 9.82. The first-order chi connectivity index (χ1) is 16.3. The lowest BCUT2D eigenvalue weighted by Gasteiger charge is -2.30. The number of imidazole rings is 1. The van der Waals surface area contributed by atoms with E-state index in [1.165, 1.54) is 18.9 Å². The molecule has 5 nitrogen and oxygen atoms in total. The van der Waals surface area contributed by atoms with E-state index >= 15 is 0 Å². The molecule has 5 rings (SSSR count). The first kappa shape index (κ1) is 23.8. The first-order valence-corrected chi connectivity index (χ1v) is 14.7. The van der Waals surface area contributed by atoms with E-state index < -0.39 is 10.0 Å². The summed E-state index contributed by atoms with van der Waals surface area (Å²) in [6.45, 7) is 5.20. The summed E-state index contributed by atoms with van der Waals surface area (Å²) >= 11 is 1.64. The Kier molecular flexibility index (Phi) is 6.75. The minimum absolute atomic E-state index is 0.221. The molecule has 0 spiro atoms. The Labute approximate surface area is 205 Å². The van der Waals surface area contributed by atoms with Crippen LogP contribution in [0.4, 0.5) is 4.39 Å². The molecule has 1 atom stereocenters. The fourth-order valence-corrected chi connectivity index (χ4v) is 8.09. The SMILES string of the molecule is Cc1cc(F)ccc1CSc1nc2cc(S(=O)(=O)N3CCC[C@H](C)C3)ccc2n1C1CCCC1. The van der Waals surface area contributed by atoms with Crippen molar-refractivity contribution in [3.05, 3.63) is 53.3 Å². The molecule has 1 aliphatic carbocycles. The van der Waals surface area contributed by atoms with Crippen LogP contribution < -0.4 is 0 Å². The zero-order valence-corrected chi connectivity index (χ0v) is 21.5. The van der Waals surface area contributed by atoms with Crippen molar-refractivity contribution in [1.29, 1.82) is 0 Å². The maximum atomic E-state index is 13.5. The molecular formula is C26H32FN3O2S2. The van der Waals surface area contributed by atoms with Crippen molar-refractivity contribution >= 4 is 32.8 Å². The Hall–Kier alpha value is -1.90. The number of benzene rings is 2. The van der Waals surface area contributed by atoms with Crippen molar-refractivity contribution in [2.24, 2.45) is 5.92 Å². The van der Waals surface area contributed by atoms with E-state index in [1.807, 2.05) is 19.1 Å². The molecule has 2 aliphatic rings. The summed E-state index contributed by atoms with van der Waals surface area (Å²) in [5.41, 5.74) is 3.74. The molecule has 0 bridgehead atoms. The van der Waals surface area contributed by atoms with Gasteiger partial charge in [-0.15, -0.1) is 0 Å². The summed E-state index contributed by atoms with van der Waals surface area (Å²) in [5, 5.41) is 0.909. The average molecular weight is 502 g/mol. The number of thioether (sulfide) groups is 1. The summed E-state index contributed by atoms with van der Waals surface area (Å²) < 4.78 is 44.2. The van der Waals surface area contributed by atoms with Crippen molar-refractivity contribution in [3.63, 3.8) is 0 Å². The fraction of sp³-hybridized carbons (Fsp3) is 0.500. The Morgan fingerprint density at radius 1 is 1.09 bits per heavy atom. The number of sulfonamides is 1. The van der Waals surface area contributed by atoms with Gasteiger partial charge in [-0.1, -0.05) is 37.6 Å². The number of aromatic nitrogens is 2. The van der Waals surface area contributed by atoms with Gasteiger partial charge in [0, 0.05) is 24.9 Å². The highest BCUT2D eigenvalue weighted by molar-refractivity contribution is 7.98. The van der Waals surface area contributed by atoms with Gasteiger partial charge >= 0.3 is 0 Å². The number of hydrogen-bond acceptors (Lipinski definition) is 4. The topological polar surface area (TPSA) is 55.2 Å². The smallest absolute Gasteiger partial charge is 0.243 e. The van der Waals surface area contributed by atoms with Crippen molar-refractivity contribution < 1.29 is 12.8 Å². The van der Waals surface area contributed by atoms with Crippen LogP contribution in [-0.4, -0.2) is 35.4 Å². The number of nitrogens with zero attached hydrogens (tertiary/aromatic N) is 3. The van der Waals surface area contributed by atoms with Gasteiger partial charge in [0.15, 0.2) is 5.16 Å². The van der Waals surface area contributed by atoms with Crippen LogP contribution in [0.3, 0.4) is 0 Å². The first-order valence-electron chi connectivity index (χ1n) is 12.2. The molecule has 2 heterocycles. The van der Waals surface area contributed by atoms with Crippen LogP contribution in [0.25, 0.3) is 11.0 Å². The third-order valence-electron chi connectivity index (χ3n) is 7.24. The largest absolute Gasteiger partial charge is 0.316 e. The van der Waals surface area contributed by atoms with E-state index in [-0.39, 0.29) is 5.82 Å². The van der Waals surface area contributed by atoms with Crippen LogP contribution in [0.5, 0.6) is 0 Å². The molecule has 1 aliphatic heterocycles. The standard InChI is InChI=1S/C26H32FN3O2S2/c1-18-6-5-13-29(16-18)34(31,32)23-11-12-25-24(15-23)28-26(30(25)22-7-3-4-8-22)33-17-20-9-10-21(27)14-19(20)2/h9-12,14-15,18,22H,3-8,13,16-17H2,1-2H3/t18-/m0/s1. The molecule has 8 heteroatoms. The normalized spacial score (nSPS) is 20.4. The van der Waals surface area contributed by atoms with Crippen LogP contribution in [-0.2, 0) is 15.8 Å². The number of hydrogen-bond donors (Lipinski definition) is 0. The second-order valence-corrected chi connectivity index (χ2v) is 12.7. The average Bonchev–Trinajstić information content (AvgIpc) is 3.45. The van der Waals surface area contributed by atoms with Gasteiger partial charge < -0.3 is 4.57 Å². The number of halogens is 1. The van der Waals surface area contributed by atoms with E-state index in [9.17, 15) is 12.8 Å². The highest BCUT2D eigenvalue weighted by atomic mass is 32.2. The Bertz CT molecular complexity index is 1300. The zero-order valence-electron chi connectivity index (χ0n) is 19.8. The zero-order chi connectivity index (χ0) is 23.9. The summed E-state index contributed by atoms with van der Waals surface area (Å²) in [7, 11) is -3.53. The lowest BCUT2D eigenvalue weighted by atomic mass is 10.0. The van der Waals surface area contributed by atoms with Gasteiger partial charge in [0.05, 0.1) is 15.9 Å². The van der Waals surface area contributed by atoms with E-state index in [2.05, 4.69) is 11.5 Å². The fourth-order valence-electron chi connectivity index (χ4n) is 5.31. The second kappa shape index (κ2) is 9.63. The number of aryl methyl sites for hydroxylation is 1. The van der Waals surface area contributed by atoms with Crippen LogP contribution in [0, 0.1) is 18.7 Å². The van der Waals surface area contributed by atoms with E-state index in [4.69, 9.17) is 4.98 Å². The third kappa shape index (κ3) is 4.64. The lowest BCUT2D eigenvalue weighted by molar-refractivity contribution is 0.281. The molecule has 1 aromatic heterocycles. The minimum atomic E-state index is -3.53. The molecule has 1 saturated heterocycles. The van der Waals surface area contributed by atoms with Gasteiger partial charge in [0.2, 0.25) is 10.0 Å². The monoisotopic (exact) mass is 501 g/mol. The number of fused-ring (bicyclic) bond motifs is 1. The van der Waals surface area contributed by atoms with Gasteiger partial charge in [-0.3, -0.25) is 0 Å². The summed E-state index contributed by atoms with van der Waals surface area (Å²) in [6.07, 6.45) is 6.60. The van der Waals surface area contributed by atoms with Gasteiger partial charge in [0.25, 0.3) is 0 Å². The van der Waals surface area contributed by atoms with E-state index in [1.54, 1.807) is 34.3 Å². The molecule has 2 aromatic carbocycles. The number of piperidine rings is 1. The predicted octanol–water partition coefficient (Wildman–Crippen LogP) is 6.31. The van der Waals surface area contributed by atoms with Gasteiger partial charge in [-0.2, -0.15) is 4.31 Å². The molecule has 3 aromatic rings. The summed E-state index contributed by atoms with van der Waals surface area (Å²) in [5.74, 6) is 0.854. The van der Waals surface area contributed by atoms with E-state index in [0.717, 1.165) is 53.0 Å². The maximum absolute atomic E-state index is 13.5. The molecule has 2 fully saturated rings. The molecule has 182 valence electrons. The van der Waals surface area contributed by atoms with Gasteiger partial charge in [-0.05, 0) is 80.0 Å². The van der Waals surface area contributed by atoms with E-state index in [0.29, 0.717) is 35.7 Å². The molecule has 0 N–H and O–H groups in total. The van der Waals surface area contributed by atoms with Crippen molar-refractivity contribution in [2.75, 3.05) is 13.1 Å². The highest BCUT2D eigenvalue weighted by Gasteiger charge is 2.30. The van der Waals surface area contributed by atoms with Crippen molar-refractivity contribution in [2.45, 2.75) is 74.2 Å². The molecule has 34 heavy (non-hydrogen) atoms. The Balaban J connectivity index is 1.49. The Morgan fingerprint density at radius 3 is 2.62 bits per heavy atom. The van der Waals surface area contributed by atoms with Crippen LogP contribution >= 0.6 is 11.8 Å². The van der Waals surface area contributed by atoms with Gasteiger partial charge in [-0.25, -0.2) is 17.8 Å². The van der Waals surface area contributed by atoms with Crippen molar-refractivity contribution in [1.82, 2.24) is 13.9 Å². The summed E-state index contributed by atoms with van der Waals surface area (Å²) in [6, 6.07) is 10.7. The summed E-state index contributed by atoms with van der Waals surface area (Å²) in [4.78, 5) is 5.25. The van der Waals surface area contributed by atoms with Gasteiger partial charge in [0.1, 0.15) is 5.82 Å². The Morgan fingerprint density at radius 2 is 1.88 bits per heavy atom. The molecule has 0 amide bonds. The van der Waals surface area contributed by atoms with Crippen molar-refractivity contribution in [3.8, 4) is 0 Å². The minimum Gasteiger partial charge on any atom is -0.316 e. The highest BCUT2D eigenvalue weighted by Crippen LogP contribution is 2.38. The number of rotatable bonds is 6. The molecule has 0 radical (unpaired) electrons. The van der Waals surface area contributed by atoms with Crippen LogP contribution in [0.2, 0.25) is 0 Å². The quantitative estimate of drug-likeness (QED) is 0.371. The molecular weight excluding hydrogens is 469 g/mol.